The molecule has 0 aromatic rings. The van der Waals surface area contributed by atoms with Gasteiger partial charge in [0.25, 0.3) is 0 Å². The van der Waals surface area contributed by atoms with E-state index >= 15 is 0 Å². The molecule has 0 amide bonds. The summed E-state index contributed by atoms with van der Waals surface area (Å²) in [5, 5.41) is 21.5. The molecule has 0 aliphatic heterocycles. The molecule has 0 aliphatic rings. The zero-order valence-electron chi connectivity index (χ0n) is 28.0. The van der Waals surface area contributed by atoms with Gasteiger partial charge in [-0.1, -0.05) is 111 Å². The Morgan fingerprint density at radius 3 is 1.76 bits per heavy atom. The largest absolute Gasteiger partial charge is 0.464 e. The third-order valence-corrected chi connectivity index (χ3v) is 8.36. The number of aliphatic hydroxyl groups is 2. The van der Waals surface area contributed by atoms with E-state index in [9.17, 15) is 15.0 Å². The van der Waals surface area contributed by atoms with Gasteiger partial charge in [0.1, 0.15) is 6.61 Å². The monoisotopic (exact) mass is 583 g/mol. The summed E-state index contributed by atoms with van der Waals surface area (Å²) in [6.45, 7) is 18.8. The third-order valence-electron chi connectivity index (χ3n) is 8.36. The Labute approximate surface area is 255 Å². The van der Waals surface area contributed by atoms with Gasteiger partial charge in [-0.05, 0) is 45.1 Å². The minimum absolute atomic E-state index is 0.161. The first kappa shape index (κ1) is 40.1. The Kier molecular flexibility index (Phi) is 27.2. The topological polar surface area (TPSA) is 73.2 Å². The number of carbonyl (C=O) groups excluding carboxylic acids is 1. The highest BCUT2D eigenvalue weighted by Gasteiger charge is 2.18. The van der Waals surface area contributed by atoms with Crippen molar-refractivity contribution < 1.29 is 19.7 Å². The van der Waals surface area contributed by atoms with Crippen molar-refractivity contribution >= 4 is 5.97 Å². The number of esters is 1. The number of rotatable bonds is 30. The standard InChI is InChI=1S/C35H70N2O4/c1-7-11-13-15-17-19-22-33(38)29-36(30-34(39)23-20-18-16-14-12-8-2)25-21-24-35(40)41-27-26-37(32(6)10-4)28-31(5)9-3/h9,31-34,38-39H,3,7-8,10-30H2,1-2,4-6H3. The summed E-state index contributed by atoms with van der Waals surface area (Å²) in [5.41, 5.74) is 0. The van der Waals surface area contributed by atoms with Crippen molar-refractivity contribution in [1.29, 1.82) is 0 Å². The molecule has 0 spiro atoms. The third kappa shape index (κ3) is 24.2. The Balaban J connectivity index is 4.62. The molecule has 244 valence electrons. The van der Waals surface area contributed by atoms with Crippen LogP contribution in [-0.4, -0.2) is 83.6 Å². The number of unbranched alkanes of at least 4 members (excludes halogenated alkanes) is 10. The van der Waals surface area contributed by atoms with Crippen LogP contribution in [-0.2, 0) is 9.53 Å². The molecule has 6 heteroatoms. The van der Waals surface area contributed by atoms with Gasteiger partial charge in [-0.3, -0.25) is 14.6 Å². The number of aliphatic hydroxyl groups excluding tert-OH is 2. The van der Waals surface area contributed by atoms with Crippen LogP contribution < -0.4 is 0 Å². The van der Waals surface area contributed by atoms with E-state index in [4.69, 9.17) is 4.74 Å². The molecule has 2 N–H and O–H groups in total. The van der Waals surface area contributed by atoms with Gasteiger partial charge in [0, 0.05) is 38.6 Å². The van der Waals surface area contributed by atoms with E-state index in [0.29, 0.717) is 51.0 Å². The molecule has 0 saturated carbocycles. The molecule has 0 saturated heterocycles. The van der Waals surface area contributed by atoms with Gasteiger partial charge in [0.15, 0.2) is 0 Å². The summed E-state index contributed by atoms with van der Waals surface area (Å²) in [6, 6.07) is 0.440. The second kappa shape index (κ2) is 27.9. The Morgan fingerprint density at radius 1 is 0.756 bits per heavy atom. The molecule has 0 bridgehead atoms. The van der Waals surface area contributed by atoms with Gasteiger partial charge < -0.3 is 14.9 Å². The molecule has 4 unspecified atom stereocenters. The number of hydrogen-bond acceptors (Lipinski definition) is 6. The quantitative estimate of drug-likeness (QED) is 0.0512. The first-order chi connectivity index (χ1) is 19.8. The molecule has 6 nitrogen and oxygen atoms in total. The van der Waals surface area contributed by atoms with Crippen LogP contribution in [0, 0.1) is 5.92 Å². The molecular weight excluding hydrogens is 512 g/mol. The molecule has 0 aromatic carbocycles. The van der Waals surface area contributed by atoms with Crippen LogP contribution in [0.4, 0.5) is 0 Å². The average Bonchev–Trinajstić information content (AvgIpc) is 2.95. The van der Waals surface area contributed by atoms with Gasteiger partial charge in [0.05, 0.1) is 12.2 Å². The Hall–Kier alpha value is -0.950. The highest BCUT2D eigenvalue weighted by molar-refractivity contribution is 5.69. The molecule has 0 aromatic heterocycles. The van der Waals surface area contributed by atoms with E-state index in [0.717, 1.165) is 45.2 Å². The van der Waals surface area contributed by atoms with Gasteiger partial charge in [-0.15, -0.1) is 6.58 Å². The van der Waals surface area contributed by atoms with Crippen molar-refractivity contribution in [2.75, 3.05) is 39.3 Å². The highest BCUT2D eigenvalue weighted by Crippen LogP contribution is 2.13. The minimum atomic E-state index is -0.390. The van der Waals surface area contributed by atoms with E-state index in [1.807, 2.05) is 6.08 Å². The minimum Gasteiger partial charge on any atom is -0.464 e. The Bertz CT molecular complexity index is 579. The van der Waals surface area contributed by atoms with Crippen molar-refractivity contribution in [2.24, 2.45) is 5.92 Å². The summed E-state index contributed by atoms with van der Waals surface area (Å²) in [7, 11) is 0. The first-order valence-corrected chi connectivity index (χ1v) is 17.4. The van der Waals surface area contributed by atoms with E-state index < -0.39 is 0 Å². The lowest BCUT2D eigenvalue weighted by Gasteiger charge is -2.30. The van der Waals surface area contributed by atoms with Crippen LogP contribution >= 0.6 is 0 Å². The zero-order chi connectivity index (χ0) is 30.7. The highest BCUT2D eigenvalue weighted by atomic mass is 16.5. The molecule has 41 heavy (non-hydrogen) atoms. The van der Waals surface area contributed by atoms with Gasteiger partial charge in [-0.25, -0.2) is 0 Å². The molecule has 0 aliphatic carbocycles. The van der Waals surface area contributed by atoms with E-state index in [-0.39, 0.29) is 18.2 Å². The summed E-state index contributed by atoms with van der Waals surface area (Å²) in [5.74, 6) is 0.240. The van der Waals surface area contributed by atoms with E-state index in [1.165, 1.54) is 64.2 Å². The fourth-order valence-electron chi connectivity index (χ4n) is 5.35. The number of nitrogens with zero attached hydrogens (tertiary/aromatic N) is 2. The number of carbonyl (C=O) groups is 1. The maximum absolute atomic E-state index is 12.5. The van der Waals surface area contributed by atoms with E-state index in [2.05, 4.69) is 51.0 Å². The van der Waals surface area contributed by atoms with Crippen molar-refractivity contribution in [3.05, 3.63) is 12.7 Å². The van der Waals surface area contributed by atoms with Crippen molar-refractivity contribution in [1.82, 2.24) is 9.80 Å². The number of ether oxygens (including phenoxy) is 1. The van der Waals surface area contributed by atoms with Crippen molar-refractivity contribution in [2.45, 2.75) is 162 Å². The van der Waals surface area contributed by atoms with E-state index in [1.54, 1.807) is 0 Å². The van der Waals surface area contributed by atoms with Crippen LogP contribution in [0.15, 0.2) is 12.7 Å². The fraction of sp³-hybridized carbons (Fsp3) is 0.914. The van der Waals surface area contributed by atoms with Gasteiger partial charge in [-0.2, -0.15) is 0 Å². The summed E-state index contributed by atoms with van der Waals surface area (Å²) >= 11 is 0. The van der Waals surface area contributed by atoms with Crippen LogP contribution in [0.2, 0.25) is 0 Å². The predicted molar refractivity (Wildman–Crippen MR) is 175 cm³/mol. The van der Waals surface area contributed by atoms with Gasteiger partial charge in [0.2, 0.25) is 0 Å². The first-order valence-electron chi connectivity index (χ1n) is 17.4. The van der Waals surface area contributed by atoms with Crippen LogP contribution in [0.1, 0.15) is 144 Å². The lowest BCUT2D eigenvalue weighted by atomic mass is 10.1. The average molecular weight is 583 g/mol. The van der Waals surface area contributed by atoms with Crippen LogP contribution in [0.25, 0.3) is 0 Å². The van der Waals surface area contributed by atoms with Gasteiger partial charge >= 0.3 is 5.97 Å². The maximum atomic E-state index is 12.5. The molecule has 4 atom stereocenters. The Morgan fingerprint density at radius 2 is 1.27 bits per heavy atom. The molecule has 0 radical (unpaired) electrons. The SMILES string of the molecule is C=CC(C)CN(CCOC(=O)CCCN(CC(O)CCCCCCCC)CC(O)CCCCCCCC)C(C)CC. The maximum Gasteiger partial charge on any atom is 0.305 e. The fourth-order valence-corrected chi connectivity index (χ4v) is 5.35. The molecule has 0 rings (SSSR count). The molecule has 0 heterocycles. The summed E-state index contributed by atoms with van der Waals surface area (Å²) in [4.78, 5) is 17.0. The lowest BCUT2D eigenvalue weighted by Crippen LogP contribution is -2.39. The van der Waals surface area contributed by atoms with Crippen molar-refractivity contribution in [3.63, 3.8) is 0 Å². The van der Waals surface area contributed by atoms with Crippen LogP contribution in [0.3, 0.4) is 0 Å². The molecular formula is C35H70N2O4. The van der Waals surface area contributed by atoms with Crippen LogP contribution in [0.5, 0.6) is 0 Å². The second-order valence-electron chi connectivity index (χ2n) is 12.5. The predicted octanol–water partition coefficient (Wildman–Crippen LogP) is 7.76. The smallest absolute Gasteiger partial charge is 0.305 e. The zero-order valence-corrected chi connectivity index (χ0v) is 28.0. The normalized spacial score (nSPS) is 14.8. The lowest BCUT2D eigenvalue weighted by molar-refractivity contribution is -0.144. The van der Waals surface area contributed by atoms with Crippen molar-refractivity contribution in [3.8, 4) is 0 Å². The second-order valence-corrected chi connectivity index (χ2v) is 12.5. The summed E-state index contributed by atoms with van der Waals surface area (Å²) in [6.07, 6.45) is 19.5. The number of hydrogen-bond donors (Lipinski definition) is 2. The summed E-state index contributed by atoms with van der Waals surface area (Å²) < 4.78 is 5.59. The molecule has 0 fully saturated rings.